The van der Waals surface area contributed by atoms with Gasteiger partial charge in [-0.1, -0.05) is 36.8 Å². The predicted molar refractivity (Wildman–Crippen MR) is 106 cm³/mol. The zero-order chi connectivity index (χ0) is 19.4. The van der Waals surface area contributed by atoms with Gasteiger partial charge in [0.2, 0.25) is 5.56 Å². The highest BCUT2D eigenvalue weighted by Crippen LogP contribution is 2.26. The molecule has 0 aliphatic rings. The molecule has 138 valence electrons. The lowest BCUT2D eigenvalue weighted by Gasteiger charge is -2.22. The van der Waals surface area contributed by atoms with Crippen LogP contribution in [0.2, 0.25) is 0 Å². The maximum Gasteiger partial charge on any atom is 0.253 e. The minimum absolute atomic E-state index is 0.207. The second-order valence-electron chi connectivity index (χ2n) is 6.62. The van der Waals surface area contributed by atoms with E-state index < -0.39 is 0 Å². The number of hydrogen-bond donors (Lipinski definition) is 2. The Balaban J connectivity index is 2.02. The van der Waals surface area contributed by atoms with Crippen molar-refractivity contribution in [2.45, 2.75) is 33.2 Å². The second-order valence-corrected chi connectivity index (χ2v) is 6.62. The molecule has 2 N–H and O–H groups in total. The molecule has 5 nitrogen and oxygen atoms in total. The Hall–Kier alpha value is -3.21. The number of pyridine rings is 2. The zero-order valence-corrected chi connectivity index (χ0v) is 15.7. The van der Waals surface area contributed by atoms with Gasteiger partial charge >= 0.3 is 0 Å². The highest BCUT2D eigenvalue weighted by Gasteiger charge is 2.21. The molecule has 0 spiro atoms. The number of hydrogen-bond acceptors (Lipinski definition) is 3. The number of benzene rings is 1. The number of aryl methyl sites for hydroxylation is 3. The topological polar surface area (TPSA) is 74.8 Å². The Morgan fingerprint density at radius 2 is 2.00 bits per heavy atom. The SMILES string of the molecule is CCc1[nH]c(=O)ccc1C(=O)NC(c1cccnc1)c1ccc(C)cc1C. The van der Waals surface area contributed by atoms with Crippen molar-refractivity contribution in [1.82, 2.24) is 15.3 Å². The molecule has 1 aromatic carbocycles. The third-order valence-electron chi connectivity index (χ3n) is 4.63. The Morgan fingerprint density at radius 1 is 1.19 bits per heavy atom. The Bertz CT molecular complexity index is 1010. The van der Waals surface area contributed by atoms with Crippen LogP contribution in [0.4, 0.5) is 0 Å². The number of rotatable bonds is 5. The van der Waals surface area contributed by atoms with Gasteiger partial charge in [-0.2, -0.15) is 0 Å². The van der Waals surface area contributed by atoms with Crippen LogP contribution in [0.5, 0.6) is 0 Å². The van der Waals surface area contributed by atoms with Crippen LogP contribution in [-0.2, 0) is 6.42 Å². The highest BCUT2D eigenvalue weighted by molar-refractivity contribution is 5.95. The van der Waals surface area contributed by atoms with E-state index in [1.165, 1.54) is 11.6 Å². The third kappa shape index (κ3) is 4.14. The van der Waals surface area contributed by atoms with E-state index in [1.54, 1.807) is 18.5 Å². The van der Waals surface area contributed by atoms with E-state index in [0.717, 1.165) is 16.7 Å². The number of amides is 1. The maximum atomic E-state index is 13.0. The fourth-order valence-corrected chi connectivity index (χ4v) is 3.25. The number of aromatic nitrogens is 2. The summed E-state index contributed by atoms with van der Waals surface area (Å²) in [6, 6.07) is 12.6. The van der Waals surface area contributed by atoms with Crippen molar-refractivity contribution in [3.05, 3.63) is 98.7 Å². The van der Waals surface area contributed by atoms with Crippen LogP contribution < -0.4 is 10.9 Å². The van der Waals surface area contributed by atoms with Crippen molar-refractivity contribution in [2.24, 2.45) is 0 Å². The number of aromatic amines is 1. The molecule has 0 radical (unpaired) electrons. The zero-order valence-electron chi connectivity index (χ0n) is 15.7. The van der Waals surface area contributed by atoms with Crippen LogP contribution in [0, 0.1) is 13.8 Å². The molecule has 5 heteroatoms. The lowest BCUT2D eigenvalue weighted by atomic mass is 9.94. The Morgan fingerprint density at radius 3 is 2.67 bits per heavy atom. The Kier molecular flexibility index (Phi) is 5.50. The highest BCUT2D eigenvalue weighted by atomic mass is 16.2. The molecule has 0 aliphatic carbocycles. The van der Waals surface area contributed by atoms with E-state index in [1.807, 2.05) is 45.0 Å². The molecule has 0 saturated heterocycles. The van der Waals surface area contributed by atoms with E-state index in [9.17, 15) is 9.59 Å². The van der Waals surface area contributed by atoms with Gasteiger partial charge in [0.15, 0.2) is 0 Å². The van der Waals surface area contributed by atoms with Crippen LogP contribution in [0.25, 0.3) is 0 Å². The number of nitrogens with zero attached hydrogens (tertiary/aromatic N) is 1. The van der Waals surface area contributed by atoms with E-state index in [2.05, 4.69) is 21.4 Å². The molecule has 2 heterocycles. The summed E-state index contributed by atoms with van der Waals surface area (Å²) >= 11 is 0. The molecule has 2 aromatic heterocycles. The van der Waals surface area contributed by atoms with E-state index in [4.69, 9.17) is 0 Å². The number of carbonyl (C=O) groups excluding carboxylic acids is 1. The van der Waals surface area contributed by atoms with Crippen LogP contribution in [0.15, 0.2) is 59.7 Å². The molecule has 3 rings (SSSR count). The summed E-state index contributed by atoms with van der Waals surface area (Å²) < 4.78 is 0. The van der Waals surface area contributed by atoms with Gasteiger partial charge in [0, 0.05) is 24.2 Å². The average molecular weight is 361 g/mol. The molecule has 1 amide bonds. The van der Waals surface area contributed by atoms with Crippen molar-refractivity contribution in [3.63, 3.8) is 0 Å². The fourth-order valence-electron chi connectivity index (χ4n) is 3.25. The van der Waals surface area contributed by atoms with Gasteiger partial charge in [-0.15, -0.1) is 0 Å². The molecule has 1 unspecified atom stereocenters. The lowest BCUT2D eigenvalue weighted by Crippen LogP contribution is -2.31. The van der Waals surface area contributed by atoms with E-state index in [-0.39, 0.29) is 17.5 Å². The van der Waals surface area contributed by atoms with Crippen molar-refractivity contribution < 1.29 is 4.79 Å². The third-order valence-corrected chi connectivity index (χ3v) is 4.63. The van der Waals surface area contributed by atoms with E-state index in [0.29, 0.717) is 17.7 Å². The van der Waals surface area contributed by atoms with Crippen molar-refractivity contribution in [2.75, 3.05) is 0 Å². The molecular formula is C22H23N3O2. The largest absolute Gasteiger partial charge is 0.341 e. The van der Waals surface area contributed by atoms with Gasteiger partial charge in [0.1, 0.15) is 0 Å². The van der Waals surface area contributed by atoms with Crippen LogP contribution in [0.1, 0.15) is 51.3 Å². The smallest absolute Gasteiger partial charge is 0.253 e. The summed E-state index contributed by atoms with van der Waals surface area (Å²) in [7, 11) is 0. The quantitative estimate of drug-likeness (QED) is 0.731. The molecule has 0 bridgehead atoms. The van der Waals surface area contributed by atoms with E-state index >= 15 is 0 Å². The van der Waals surface area contributed by atoms with Gasteiger partial charge < -0.3 is 10.3 Å². The first kappa shape index (κ1) is 18.6. The molecule has 0 saturated carbocycles. The molecular weight excluding hydrogens is 338 g/mol. The summed E-state index contributed by atoms with van der Waals surface area (Å²) in [6.45, 7) is 5.99. The summed E-state index contributed by atoms with van der Waals surface area (Å²) in [4.78, 5) is 31.5. The van der Waals surface area contributed by atoms with Crippen LogP contribution in [-0.4, -0.2) is 15.9 Å². The Labute approximate surface area is 158 Å². The second kappa shape index (κ2) is 7.99. The first-order valence-corrected chi connectivity index (χ1v) is 8.99. The molecule has 1 atom stereocenters. The van der Waals surface area contributed by atoms with Crippen molar-refractivity contribution in [1.29, 1.82) is 0 Å². The van der Waals surface area contributed by atoms with Crippen molar-refractivity contribution >= 4 is 5.91 Å². The molecule has 27 heavy (non-hydrogen) atoms. The normalized spacial score (nSPS) is 11.8. The summed E-state index contributed by atoms with van der Waals surface area (Å²) in [5, 5.41) is 3.12. The van der Waals surface area contributed by atoms with Gasteiger partial charge in [-0.3, -0.25) is 14.6 Å². The standard InChI is InChI=1S/C22H23N3O2/c1-4-19-18(9-10-20(26)24-19)22(27)25-21(16-6-5-11-23-13-16)17-8-7-14(2)12-15(17)3/h5-13,21H,4H2,1-3H3,(H,24,26)(H,25,27). The first-order valence-electron chi connectivity index (χ1n) is 8.99. The molecule has 3 aromatic rings. The lowest BCUT2D eigenvalue weighted by molar-refractivity contribution is 0.0941. The minimum atomic E-state index is -0.330. The number of H-pyrrole nitrogens is 1. The van der Waals surface area contributed by atoms with Crippen molar-refractivity contribution in [3.8, 4) is 0 Å². The van der Waals surface area contributed by atoms with Gasteiger partial charge in [0.25, 0.3) is 5.91 Å². The maximum absolute atomic E-state index is 13.0. The number of carbonyl (C=O) groups is 1. The first-order chi connectivity index (χ1) is 13.0. The van der Waals surface area contributed by atoms with Crippen LogP contribution in [0.3, 0.4) is 0 Å². The molecule has 0 aliphatic heterocycles. The summed E-state index contributed by atoms with van der Waals surface area (Å²) in [6.07, 6.45) is 4.04. The predicted octanol–water partition coefficient (Wildman–Crippen LogP) is 3.47. The van der Waals surface area contributed by atoms with Crippen LogP contribution >= 0.6 is 0 Å². The molecule has 0 fully saturated rings. The van der Waals surface area contributed by atoms with Gasteiger partial charge in [0.05, 0.1) is 11.6 Å². The summed E-state index contributed by atoms with van der Waals surface area (Å²) in [5.74, 6) is -0.225. The average Bonchev–Trinajstić information content (AvgIpc) is 2.67. The van der Waals surface area contributed by atoms with Gasteiger partial charge in [-0.25, -0.2) is 0 Å². The van der Waals surface area contributed by atoms with Gasteiger partial charge in [-0.05, 0) is 49.1 Å². The monoisotopic (exact) mass is 361 g/mol. The number of nitrogens with one attached hydrogen (secondary N) is 2. The fraction of sp³-hybridized carbons (Fsp3) is 0.227. The minimum Gasteiger partial charge on any atom is -0.341 e. The summed E-state index contributed by atoms with van der Waals surface area (Å²) in [5.41, 5.74) is 5.09.